The molecule has 1 N–H and O–H groups in total. The standard InChI is InChI=1S/C20H19ClFN5O4S/c1-10-5-13(14-6-17(21)24-8-16(14)30-11(2)22)15(7-23-10)18(28)25-19-26-27-20(32-19)31-12-3-4-29-9-12/h5-8,11-12H,3-4,9H2,1-2H3,(H,25,26,28)/t11?,12-/m1/s1. The van der Waals surface area contributed by atoms with Crippen molar-refractivity contribution in [1.29, 1.82) is 0 Å². The van der Waals surface area contributed by atoms with Gasteiger partial charge in [-0.1, -0.05) is 16.7 Å². The van der Waals surface area contributed by atoms with E-state index >= 15 is 0 Å². The molecule has 0 aromatic carbocycles. The second kappa shape index (κ2) is 9.72. The first-order valence-corrected chi connectivity index (χ1v) is 10.9. The molecule has 1 fully saturated rings. The summed E-state index contributed by atoms with van der Waals surface area (Å²) in [5.74, 6) is -0.332. The van der Waals surface area contributed by atoms with E-state index in [-0.39, 0.29) is 27.7 Å². The van der Waals surface area contributed by atoms with Gasteiger partial charge in [0, 0.05) is 36.4 Å². The first-order valence-electron chi connectivity index (χ1n) is 9.71. The van der Waals surface area contributed by atoms with Crippen molar-refractivity contribution in [2.24, 2.45) is 0 Å². The van der Waals surface area contributed by atoms with Crippen LogP contribution in [0.15, 0.2) is 24.5 Å². The third-order valence-corrected chi connectivity index (χ3v) is 5.42. The predicted molar refractivity (Wildman–Crippen MR) is 116 cm³/mol. The number of hydrogen-bond donors (Lipinski definition) is 1. The number of carbonyl (C=O) groups is 1. The average Bonchev–Trinajstić information content (AvgIpc) is 3.41. The van der Waals surface area contributed by atoms with Crippen molar-refractivity contribution < 1.29 is 23.4 Å². The molecule has 1 saturated heterocycles. The predicted octanol–water partition coefficient (Wildman–Crippen LogP) is 4.07. The van der Waals surface area contributed by atoms with Crippen molar-refractivity contribution in [3.8, 4) is 22.1 Å². The van der Waals surface area contributed by atoms with Crippen LogP contribution in [0.25, 0.3) is 11.1 Å². The van der Waals surface area contributed by atoms with Crippen LogP contribution in [-0.2, 0) is 4.74 Å². The van der Waals surface area contributed by atoms with Crippen molar-refractivity contribution in [3.63, 3.8) is 0 Å². The zero-order valence-electron chi connectivity index (χ0n) is 17.2. The van der Waals surface area contributed by atoms with Gasteiger partial charge in [0.2, 0.25) is 11.5 Å². The van der Waals surface area contributed by atoms with Crippen molar-refractivity contribution in [2.45, 2.75) is 32.7 Å². The molecule has 3 aromatic heterocycles. The van der Waals surface area contributed by atoms with E-state index in [9.17, 15) is 9.18 Å². The van der Waals surface area contributed by atoms with E-state index < -0.39 is 12.3 Å². The van der Waals surface area contributed by atoms with E-state index in [0.717, 1.165) is 17.8 Å². The van der Waals surface area contributed by atoms with Crippen LogP contribution in [-0.4, -0.2) is 51.7 Å². The van der Waals surface area contributed by atoms with Crippen molar-refractivity contribution in [2.75, 3.05) is 18.5 Å². The minimum Gasteiger partial charge on any atom is -0.463 e. The van der Waals surface area contributed by atoms with Crippen LogP contribution < -0.4 is 14.8 Å². The summed E-state index contributed by atoms with van der Waals surface area (Å²) in [5, 5.41) is 11.4. The Bertz CT molecular complexity index is 1120. The Kier molecular flexibility index (Phi) is 6.77. The second-order valence-corrected chi connectivity index (χ2v) is 8.29. The number of amides is 1. The number of rotatable bonds is 7. The molecule has 1 aliphatic heterocycles. The third kappa shape index (κ3) is 5.29. The number of alkyl halides is 1. The van der Waals surface area contributed by atoms with E-state index in [1.165, 1.54) is 25.4 Å². The fraction of sp³-hybridized carbons (Fsp3) is 0.350. The highest BCUT2D eigenvalue weighted by molar-refractivity contribution is 7.17. The van der Waals surface area contributed by atoms with E-state index in [2.05, 4.69) is 25.5 Å². The lowest BCUT2D eigenvalue weighted by Gasteiger charge is -2.15. The molecule has 0 saturated carbocycles. The number of nitrogens with zero attached hydrogens (tertiary/aromatic N) is 4. The third-order valence-electron chi connectivity index (χ3n) is 4.48. The first kappa shape index (κ1) is 22.3. The van der Waals surface area contributed by atoms with Gasteiger partial charge in [-0.25, -0.2) is 9.37 Å². The molecule has 0 radical (unpaired) electrons. The van der Waals surface area contributed by atoms with Gasteiger partial charge in [0.05, 0.1) is 25.0 Å². The Labute approximate surface area is 191 Å². The number of carbonyl (C=O) groups excluding carboxylic acids is 1. The van der Waals surface area contributed by atoms with Gasteiger partial charge < -0.3 is 14.2 Å². The lowest BCUT2D eigenvalue weighted by atomic mass is 10.0. The van der Waals surface area contributed by atoms with Gasteiger partial charge in [-0.2, -0.15) is 0 Å². The molecule has 12 heteroatoms. The van der Waals surface area contributed by atoms with Gasteiger partial charge in [-0.15, -0.1) is 5.10 Å². The lowest BCUT2D eigenvalue weighted by molar-refractivity contribution is 0.0862. The van der Waals surface area contributed by atoms with Gasteiger partial charge in [-0.05, 0) is 30.4 Å². The number of anilines is 1. The first-order chi connectivity index (χ1) is 15.4. The maximum Gasteiger partial charge on any atom is 0.296 e. The van der Waals surface area contributed by atoms with Gasteiger partial charge in [-0.3, -0.25) is 15.1 Å². The fourth-order valence-corrected chi connectivity index (χ4v) is 3.90. The number of pyridine rings is 2. The number of nitrogens with one attached hydrogen (secondary N) is 1. The topological polar surface area (TPSA) is 108 Å². The fourth-order valence-electron chi connectivity index (χ4n) is 3.08. The molecule has 1 amide bonds. The normalized spacial score (nSPS) is 16.6. The molecule has 0 bridgehead atoms. The molecule has 3 aromatic rings. The van der Waals surface area contributed by atoms with Crippen LogP contribution in [0.1, 0.15) is 29.4 Å². The summed E-state index contributed by atoms with van der Waals surface area (Å²) in [6.45, 7) is 4.16. The zero-order chi connectivity index (χ0) is 22.7. The van der Waals surface area contributed by atoms with Crippen LogP contribution in [0.2, 0.25) is 5.15 Å². The van der Waals surface area contributed by atoms with Crippen LogP contribution in [0.4, 0.5) is 9.52 Å². The molecular weight excluding hydrogens is 461 g/mol. The molecule has 32 heavy (non-hydrogen) atoms. The maximum atomic E-state index is 13.5. The molecule has 1 unspecified atom stereocenters. The Morgan fingerprint density at radius 2 is 2.16 bits per heavy atom. The monoisotopic (exact) mass is 479 g/mol. The number of halogens is 2. The molecule has 0 aliphatic carbocycles. The highest BCUT2D eigenvalue weighted by Gasteiger charge is 2.22. The van der Waals surface area contributed by atoms with Gasteiger partial charge in [0.1, 0.15) is 17.0 Å². The summed E-state index contributed by atoms with van der Waals surface area (Å²) in [6, 6.07) is 3.19. The summed E-state index contributed by atoms with van der Waals surface area (Å²) in [5.41, 5.74) is 1.73. The average molecular weight is 480 g/mol. The summed E-state index contributed by atoms with van der Waals surface area (Å²) >= 11 is 7.17. The molecule has 0 spiro atoms. The maximum absolute atomic E-state index is 13.5. The van der Waals surface area contributed by atoms with Gasteiger partial charge in [0.25, 0.3) is 11.1 Å². The largest absolute Gasteiger partial charge is 0.463 e. The quantitative estimate of drug-likeness (QED) is 0.505. The van der Waals surface area contributed by atoms with Crippen molar-refractivity contribution in [3.05, 3.63) is 40.9 Å². The summed E-state index contributed by atoms with van der Waals surface area (Å²) in [7, 11) is 0. The summed E-state index contributed by atoms with van der Waals surface area (Å²) in [4.78, 5) is 21.2. The minimum atomic E-state index is -1.58. The molecule has 4 heterocycles. The van der Waals surface area contributed by atoms with E-state index in [1.54, 1.807) is 13.0 Å². The Balaban J connectivity index is 1.61. The Morgan fingerprint density at radius 3 is 2.91 bits per heavy atom. The number of ether oxygens (including phenoxy) is 3. The molecule has 9 nitrogen and oxygen atoms in total. The Hall–Kier alpha value is -2.89. The number of hydrogen-bond acceptors (Lipinski definition) is 9. The minimum absolute atomic E-state index is 0.0767. The van der Waals surface area contributed by atoms with Crippen LogP contribution in [0, 0.1) is 6.92 Å². The van der Waals surface area contributed by atoms with E-state index in [4.69, 9.17) is 25.8 Å². The second-order valence-electron chi connectivity index (χ2n) is 6.97. The highest BCUT2D eigenvalue weighted by atomic mass is 35.5. The van der Waals surface area contributed by atoms with Crippen LogP contribution in [0.3, 0.4) is 0 Å². The smallest absolute Gasteiger partial charge is 0.296 e. The van der Waals surface area contributed by atoms with E-state index in [0.29, 0.717) is 35.2 Å². The van der Waals surface area contributed by atoms with E-state index in [1.807, 2.05) is 0 Å². The number of aromatic nitrogens is 4. The molecular formula is C20H19ClFN5O4S. The van der Waals surface area contributed by atoms with Crippen molar-refractivity contribution >= 4 is 34.0 Å². The van der Waals surface area contributed by atoms with Crippen molar-refractivity contribution in [1.82, 2.24) is 20.2 Å². The molecule has 168 valence electrons. The summed E-state index contributed by atoms with van der Waals surface area (Å²) < 4.78 is 29.7. The molecule has 4 rings (SSSR count). The lowest BCUT2D eigenvalue weighted by Crippen LogP contribution is -2.15. The van der Waals surface area contributed by atoms with Crippen LogP contribution >= 0.6 is 22.9 Å². The zero-order valence-corrected chi connectivity index (χ0v) is 18.7. The highest BCUT2D eigenvalue weighted by Crippen LogP contribution is 2.35. The Morgan fingerprint density at radius 1 is 1.31 bits per heavy atom. The summed E-state index contributed by atoms with van der Waals surface area (Å²) in [6.07, 6.45) is 1.85. The molecule has 1 aliphatic rings. The molecule has 2 atom stereocenters. The number of aryl methyl sites for hydroxylation is 1. The SMILES string of the molecule is Cc1cc(-c2cc(Cl)ncc2OC(C)F)c(C(=O)Nc2nnc(O[C@@H]3CCOC3)s2)cn1. The van der Waals surface area contributed by atoms with Gasteiger partial charge >= 0.3 is 0 Å². The van der Waals surface area contributed by atoms with Gasteiger partial charge in [0.15, 0.2) is 0 Å². The van der Waals surface area contributed by atoms with Crippen LogP contribution in [0.5, 0.6) is 10.9 Å².